The lowest BCUT2D eigenvalue weighted by Crippen LogP contribution is -2.48. The lowest BCUT2D eigenvalue weighted by Gasteiger charge is -2.36. The molecule has 23 heavy (non-hydrogen) atoms. The molecule has 0 spiro atoms. The summed E-state index contributed by atoms with van der Waals surface area (Å²) < 4.78 is 49.5. The first kappa shape index (κ1) is 17.9. The molecule has 0 amide bonds. The van der Waals surface area contributed by atoms with Crippen molar-refractivity contribution in [1.82, 2.24) is 4.31 Å². The summed E-state index contributed by atoms with van der Waals surface area (Å²) in [5.41, 5.74) is 0. The monoisotopic (exact) mass is 361 g/mol. The first-order valence-corrected chi connectivity index (χ1v) is 10.4. The summed E-state index contributed by atoms with van der Waals surface area (Å²) in [6.45, 7) is 1.83. The van der Waals surface area contributed by atoms with E-state index in [-0.39, 0.29) is 16.3 Å². The predicted molar refractivity (Wildman–Crippen MR) is 83.3 cm³/mol. The van der Waals surface area contributed by atoms with E-state index in [1.807, 2.05) is 0 Å². The molecule has 0 aromatic heterocycles. The molecule has 128 valence electrons. The van der Waals surface area contributed by atoms with Gasteiger partial charge in [-0.3, -0.25) is 4.79 Å². The van der Waals surface area contributed by atoms with E-state index in [0.717, 1.165) is 6.26 Å². The van der Waals surface area contributed by atoms with E-state index in [2.05, 4.69) is 0 Å². The van der Waals surface area contributed by atoms with Gasteiger partial charge in [-0.1, -0.05) is 0 Å². The highest BCUT2D eigenvalue weighted by atomic mass is 32.2. The van der Waals surface area contributed by atoms with Gasteiger partial charge in [-0.05, 0) is 44.0 Å². The van der Waals surface area contributed by atoms with Crippen LogP contribution in [-0.4, -0.2) is 51.1 Å². The molecule has 1 aromatic rings. The summed E-state index contributed by atoms with van der Waals surface area (Å²) in [5, 5.41) is 9.20. The number of carbonyl (C=O) groups is 1. The molecular formula is C14H19NO6S2. The standard InChI is InChI=1S/C14H19NO6S2/c1-10-13(14(16)17)4-3-9-15(10)23(20,21)12-7-5-11(6-8-12)22(2,18)19/h5-8,10,13H,3-4,9H2,1-2H3,(H,16,17)/t10-,13-/m1/s1. The molecule has 1 fully saturated rings. The zero-order valence-corrected chi connectivity index (χ0v) is 14.5. The van der Waals surface area contributed by atoms with E-state index in [1.54, 1.807) is 6.92 Å². The van der Waals surface area contributed by atoms with Crippen LogP contribution >= 0.6 is 0 Å². The number of carboxylic acid groups (broad SMARTS) is 1. The summed E-state index contributed by atoms with van der Waals surface area (Å²) in [4.78, 5) is 11.2. The van der Waals surface area contributed by atoms with Crippen molar-refractivity contribution in [2.45, 2.75) is 35.6 Å². The normalized spacial score (nSPS) is 23.6. The maximum absolute atomic E-state index is 12.7. The lowest BCUT2D eigenvalue weighted by molar-refractivity contribution is -0.144. The highest BCUT2D eigenvalue weighted by molar-refractivity contribution is 7.90. The Labute approximate surface area is 135 Å². The van der Waals surface area contributed by atoms with Gasteiger partial charge in [-0.2, -0.15) is 4.31 Å². The second-order valence-electron chi connectivity index (χ2n) is 5.69. The fraction of sp³-hybridized carbons (Fsp3) is 0.500. The summed E-state index contributed by atoms with van der Waals surface area (Å²) in [5.74, 6) is -1.75. The number of piperidine rings is 1. The second kappa shape index (κ2) is 6.21. The molecule has 1 saturated heterocycles. The van der Waals surface area contributed by atoms with Gasteiger partial charge in [0.05, 0.1) is 15.7 Å². The number of aliphatic carboxylic acids is 1. The number of benzene rings is 1. The third-order valence-corrected chi connectivity index (χ3v) is 7.23. The van der Waals surface area contributed by atoms with Crippen molar-refractivity contribution < 1.29 is 26.7 Å². The van der Waals surface area contributed by atoms with Crippen molar-refractivity contribution in [3.63, 3.8) is 0 Å². The van der Waals surface area contributed by atoms with Gasteiger partial charge in [-0.25, -0.2) is 16.8 Å². The Morgan fingerprint density at radius 3 is 2.13 bits per heavy atom. The molecule has 1 aromatic carbocycles. The number of rotatable bonds is 4. The topological polar surface area (TPSA) is 109 Å². The van der Waals surface area contributed by atoms with Crippen molar-refractivity contribution in [3.8, 4) is 0 Å². The highest BCUT2D eigenvalue weighted by Gasteiger charge is 2.39. The Balaban J connectivity index is 2.36. The quantitative estimate of drug-likeness (QED) is 0.856. The summed E-state index contributed by atoms with van der Waals surface area (Å²) in [7, 11) is -7.27. The van der Waals surface area contributed by atoms with Gasteiger partial charge in [-0.15, -0.1) is 0 Å². The molecule has 7 nitrogen and oxygen atoms in total. The fourth-order valence-electron chi connectivity index (χ4n) is 2.78. The molecule has 0 aliphatic carbocycles. The minimum Gasteiger partial charge on any atom is -0.481 e. The van der Waals surface area contributed by atoms with Gasteiger partial charge < -0.3 is 5.11 Å². The molecule has 1 N–H and O–H groups in total. The highest BCUT2D eigenvalue weighted by Crippen LogP contribution is 2.29. The van der Waals surface area contributed by atoms with E-state index < -0.39 is 37.8 Å². The SMILES string of the molecule is C[C@@H]1[C@H](C(=O)O)CCCN1S(=O)(=O)c1ccc(S(C)(=O)=O)cc1. The Kier molecular flexibility index (Phi) is 4.84. The van der Waals surface area contributed by atoms with Crippen molar-refractivity contribution in [2.75, 3.05) is 12.8 Å². The third-order valence-electron chi connectivity index (χ3n) is 4.11. The van der Waals surface area contributed by atoms with Crippen molar-refractivity contribution >= 4 is 25.8 Å². The van der Waals surface area contributed by atoms with Crippen molar-refractivity contribution in [2.24, 2.45) is 5.92 Å². The molecule has 0 bridgehead atoms. The van der Waals surface area contributed by atoms with E-state index in [0.29, 0.717) is 12.8 Å². The Morgan fingerprint density at radius 1 is 1.13 bits per heavy atom. The smallest absolute Gasteiger partial charge is 0.308 e. The van der Waals surface area contributed by atoms with Crippen LogP contribution in [0.3, 0.4) is 0 Å². The molecule has 1 aliphatic heterocycles. The number of sulfonamides is 1. The first-order chi connectivity index (χ1) is 10.5. The van der Waals surface area contributed by atoms with Gasteiger partial charge in [0.1, 0.15) is 0 Å². The minimum absolute atomic E-state index is 0.0338. The second-order valence-corrected chi connectivity index (χ2v) is 9.59. The molecule has 0 saturated carbocycles. The predicted octanol–water partition coefficient (Wildman–Crippen LogP) is 0.964. The molecule has 0 radical (unpaired) electrons. The zero-order valence-electron chi connectivity index (χ0n) is 12.8. The van der Waals surface area contributed by atoms with E-state index in [1.165, 1.54) is 28.6 Å². The third kappa shape index (κ3) is 3.56. The van der Waals surface area contributed by atoms with Crippen LogP contribution in [0.1, 0.15) is 19.8 Å². The van der Waals surface area contributed by atoms with Crippen LogP contribution in [0.15, 0.2) is 34.1 Å². The van der Waals surface area contributed by atoms with Crippen LogP contribution in [0.5, 0.6) is 0 Å². The summed E-state index contributed by atoms with van der Waals surface area (Å²) in [6, 6.07) is 4.31. The van der Waals surface area contributed by atoms with E-state index >= 15 is 0 Å². The van der Waals surface area contributed by atoms with Crippen molar-refractivity contribution in [1.29, 1.82) is 0 Å². The number of hydrogen-bond acceptors (Lipinski definition) is 5. The van der Waals surface area contributed by atoms with Gasteiger partial charge in [0.2, 0.25) is 10.0 Å². The van der Waals surface area contributed by atoms with Crippen LogP contribution in [0.2, 0.25) is 0 Å². The molecular weight excluding hydrogens is 342 g/mol. The van der Waals surface area contributed by atoms with E-state index in [9.17, 15) is 26.7 Å². The van der Waals surface area contributed by atoms with E-state index in [4.69, 9.17) is 0 Å². The van der Waals surface area contributed by atoms with Crippen LogP contribution in [0.25, 0.3) is 0 Å². The molecule has 1 heterocycles. The van der Waals surface area contributed by atoms with Gasteiger partial charge in [0.25, 0.3) is 0 Å². The molecule has 0 unspecified atom stereocenters. The molecule has 2 atom stereocenters. The Morgan fingerprint density at radius 2 is 1.65 bits per heavy atom. The summed E-state index contributed by atoms with van der Waals surface area (Å²) >= 11 is 0. The summed E-state index contributed by atoms with van der Waals surface area (Å²) in [6.07, 6.45) is 1.96. The molecule has 9 heteroatoms. The number of nitrogens with zero attached hydrogens (tertiary/aromatic N) is 1. The van der Waals surface area contributed by atoms with Crippen LogP contribution in [0.4, 0.5) is 0 Å². The number of carboxylic acids is 1. The number of hydrogen-bond donors (Lipinski definition) is 1. The van der Waals surface area contributed by atoms with Crippen LogP contribution < -0.4 is 0 Å². The van der Waals surface area contributed by atoms with Crippen LogP contribution in [-0.2, 0) is 24.7 Å². The fourth-order valence-corrected chi connectivity index (χ4v) is 5.11. The molecule has 1 aliphatic rings. The molecule has 2 rings (SSSR count). The van der Waals surface area contributed by atoms with Gasteiger partial charge in [0, 0.05) is 18.8 Å². The lowest BCUT2D eigenvalue weighted by atomic mass is 9.92. The first-order valence-electron chi connectivity index (χ1n) is 7.10. The van der Waals surface area contributed by atoms with Gasteiger partial charge >= 0.3 is 5.97 Å². The minimum atomic E-state index is -3.86. The number of sulfone groups is 1. The Hall–Kier alpha value is -1.45. The largest absolute Gasteiger partial charge is 0.481 e. The maximum atomic E-state index is 12.7. The Bertz CT molecular complexity index is 798. The average molecular weight is 361 g/mol. The maximum Gasteiger partial charge on any atom is 0.308 e. The van der Waals surface area contributed by atoms with Gasteiger partial charge in [0.15, 0.2) is 9.84 Å². The average Bonchev–Trinajstić information content (AvgIpc) is 2.46. The van der Waals surface area contributed by atoms with Crippen LogP contribution in [0, 0.1) is 5.92 Å². The zero-order chi connectivity index (χ0) is 17.4. The van der Waals surface area contributed by atoms with Crippen molar-refractivity contribution in [3.05, 3.63) is 24.3 Å².